The first-order valence-corrected chi connectivity index (χ1v) is 7.04. The molecule has 1 heterocycles. The van der Waals surface area contributed by atoms with Crippen molar-refractivity contribution in [3.8, 4) is 0 Å². The summed E-state index contributed by atoms with van der Waals surface area (Å²) in [6.07, 6.45) is -3.83. The number of nitrogens with one attached hydrogen (secondary N) is 1. The molecule has 1 aliphatic rings. The van der Waals surface area contributed by atoms with Gasteiger partial charge < -0.3 is 10.2 Å². The maximum absolute atomic E-state index is 12.7. The lowest BCUT2D eigenvalue weighted by Crippen LogP contribution is -2.46. The Kier molecular flexibility index (Phi) is 4.66. The molecule has 1 aromatic carbocycles. The van der Waals surface area contributed by atoms with E-state index in [1.807, 2.05) is 6.92 Å². The summed E-state index contributed by atoms with van der Waals surface area (Å²) in [6, 6.07) is 4.47. The maximum atomic E-state index is 12.7. The first-order valence-electron chi connectivity index (χ1n) is 6.66. The Balaban J connectivity index is 2.01. The monoisotopic (exact) mass is 320 g/mol. The number of aryl methyl sites for hydroxylation is 1. The molecule has 3 nitrogen and oxygen atoms in total. The van der Waals surface area contributed by atoms with Crippen molar-refractivity contribution in [3.63, 3.8) is 0 Å². The van der Waals surface area contributed by atoms with Gasteiger partial charge in [0.15, 0.2) is 0 Å². The minimum absolute atomic E-state index is 0.0731. The number of amides is 2. The number of hydrogen-bond acceptors (Lipinski definition) is 1. The fourth-order valence-electron chi connectivity index (χ4n) is 2.30. The van der Waals surface area contributed by atoms with Crippen LogP contribution >= 0.6 is 11.6 Å². The van der Waals surface area contributed by atoms with Gasteiger partial charge in [0.25, 0.3) is 0 Å². The Morgan fingerprint density at radius 2 is 2.14 bits per heavy atom. The fraction of sp³-hybridized carbons (Fsp3) is 0.500. The second-order valence-corrected chi connectivity index (χ2v) is 5.63. The van der Waals surface area contributed by atoms with Crippen molar-refractivity contribution in [1.29, 1.82) is 0 Å². The van der Waals surface area contributed by atoms with E-state index in [0.29, 0.717) is 23.7 Å². The number of halogens is 4. The molecule has 7 heteroatoms. The SMILES string of the molecule is Cc1ccc(NC(=O)N2CCC[C@@H](C(F)(F)F)C2)cc1Cl. The van der Waals surface area contributed by atoms with E-state index < -0.39 is 18.1 Å². The van der Waals surface area contributed by atoms with Crippen LogP contribution in [0.1, 0.15) is 18.4 Å². The number of urea groups is 1. The van der Waals surface area contributed by atoms with E-state index in [2.05, 4.69) is 5.32 Å². The van der Waals surface area contributed by atoms with E-state index in [1.54, 1.807) is 18.2 Å². The number of anilines is 1. The zero-order chi connectivity index (χ0) is 15.6. The molecule has 1 aromatic rings. The Morgan fingerprint density at radius 1 is 1.43 bits per heavy atom. The van der Waals surface area contributed by atoms with Crippen molar-refractivity contribution in [2.45, 2.75) is 25.9 Å². The summed E-state index contributed by atoms with van der Waals surface area (Å²) < 4.78 is 38.2. The molecule has 1 atom stereocenters. The van der Waals surface area contributed by atoms with E-state index >= 15 is 0 Å². The summed E-state index contributed by atoms with van der Waals surface area (Å²) >= 11 is 5.95. The smallest absolute Gasteiger partial charge is 0.324 e. The molecular formula is C14H16ClF3N2O. The van der Waals surface area contributed by atoms with Gasteiger partial charge in [0.1, 0.15) is 0 Å². The van der Waals surface area contributed by atoms with Gasteiger partial charge in [0, 0.05) is 23.8 Å². The third kappa shape index (κ3) is 4.03. The molecule has 1 saturated heterocycles. The third-order valence-electron chi connectivity index (χ3n) is 3.59. The Morgan fingerprint density at radius 3 is 2.76 bits per heavy atom. The van der Waals surface area contributed by atoms with Gasteiger partial charge in [-0.1, -0.05) is 17.7 Å². The zero-order valence-electron chi connectivity index (χ0n) is 11.5. The number of likely N-dealkylation sites (tertiary alicyclic amines) is 1. The van der Waals surface area contributed by atoms with Crippen LogP contribution in [0.25, 0.3) is 0 Å². The first kappa shape index (κ1) is 15.9. The van der Waals surface area contributed by atoms with E-state index in [1.165, 1.54) is 4.90 Å². The number of benzene rings is 1. The highest BCUT2D eigenvalue weighted by molar-refractivity contribution is 6.31. The van der Waals surface area contributed by atoms with Crippen LogP contribution < -0.4 is 5.32 Å². The number of nitrogens with zero attached hydrogens (tertiary/aromatic N) is 1. The topological polar surface area (TPSA) is 32.3 Å². The van der Waals surface area contributed by atoms with Crippen molar-refractivity contribution >= 4 is 23.3 Å². The van der Waals surface area contributed by atoms with Crippen molar-refractivity contribution in [2.24, 2.45) is 5.92 Å². The Hall–Kier alpha value is -1.43. The summed E-state index contributed by atoms with van der Waals surface area (Å²) in [5.41, 5.74) is 1.34. The third-order valence-corrected chi connectivity index (χ3v) is 4.00. The molecule has 0 radical (unpaired) electrons. The number of hydrogen-bond donors (Lipinski definition) is 1. The van der Waals surface area contributed by atoms with Crippen LogP contribution in [0.4, 0.5) is 23.7 Å². The van der Waals surface area contributed by atoms with Gasteiger partial charge in [-0.3, -0.25) is 0 Å². The molecule has 2 rings (SSSR count). The molecular weight excluding hydrogens is 305 g/mol. The lowest BCUT2D eigenvalue weighted by Gasteiger charge is -2.33. The van der Waals surface area contributed by atoms with E-state index in [-0.39, 0.29) is 13.0 Å². The predicted molar refractivity (Wildman–Crippen MR) is 75.6 cm³/mol. The minimum atomic E-state index is -4.26. The van der Waals surface area contributed by atoms with E-state index in [0.717, 1.165) is 5.56 Å². The van der Waals surface area contributed by atoms with Crippen LogP contribution in [0.2, 0.25) is 5.02 Å². The normalized spacial score (nSPS) is 19.5. The van der Waals surface area contributed by atoms with Gasteiger partial charge in [-0.2, -0.15) is 13.2 Å². The fourth-order valence-corrected chi connectivity index (χ4v) is 2.48. The van der Waals surface area contributed by atoms with Crippen LogP contribution in [0.5, 0.6) is 0 Å². The number of alkyl halides is 3. The van der Waals surface area contributed by atoms with Crippen molar-refractivity contribution in [3.05, 3.63) is 28.8 Å². The van der Waals surface area contributed by atoms with Crippen LogP contribution in [0.15, 0.2) is 18.2 Å². The van der Waals surface area contributed by atoms with Gasteiger partial charge in [0.2, 0.25) is 0 Å². The molecule has 0 spiro atoms. The van der Waals surface area contributed by atoms with Gasteiger partial charge in [-0.15, -0.1) is 0 Å². The Bertz CT molecular complexity index is 533. The largest absolute Gasteiger partial charge is 0.393 e. The quantitative estimate of drug-likeness (QED) is 0.814. The average molecular weight is 321 g/mol. The van der Waals surface area contributed by atoms with Gasteiger partial charge in [0.05, 0.1) is 5.92 Å². The van der Waals surface area contributed by atoms with Crippen LogP contribution in [0, 0.1) is 12.8 Å². The van der Waals surface area contributed by atoms with Gasteiger partial charge in [-0.25, -0.2) is 4.79 Å². The van der Waals surface area contributed by atoms with Crippen LogP contribution in [0.3, 0.4) is 0 Å². The lowest BCUT2D eigenvalue weighted by molar-refractivity contribution is -0.183. The highest BCUT2D eigenvalue weighted by Crippen LogP contribution is 2.33. The molecule has 0 unspecified atom stereocenters. The molecule has 116 valence electrons. The highest BCUT2D eigenvalue weighted by Gasteiger charge is 2.42. The molecule has 0 saturated carbocycles. The van der Waals surface area contributed by atoms with Crippen molar-refractivity contribution in [1.82, 2.24) is 4.90 Å². The lowest BCUT2D eigenvalue weighted by atomic mass is 9.98. The molecule has 2 amide bonds. The average Bonchev–Trinajstić information content (AvgIpc) is 2.42. The Labute approximate surface area is 126 Å². The number of carbonyl (C=O) groups is 1. The van der Waals surface area contributed by atoms with Crippen LogP contribution in [-0.2, 0) is 0 Å². The van der Waals surface area contributed by atoms with Gasteiger partial charge in [-0.05, 0) is 37.5 Å². The minimum Gasteiger partial charge on any atom is -0.324 e. The standard InChI is InChI=1S/C14H16ClF3N2O/c1-9-4-5-11(7-12(9)15)19-13(21)20-6-2-3-10(8-20)14(16,17)18/h4-5,7,10H,2-3,6,8H2,1H3,(H,19,21)/t10-/m1/s1. The zero-order valence-corrected chi connectivity index (χ0v) is 12.3. The predicted octanol–water partition coefficient (Wildman–Crippen LogP) is 4.45. The second kappa shape index (κ2) is 6.13. The van der Waals surface area contributed by atoms with Crippen molar-refractivity contribution < 1.29 is 18.0 Å². The van der Waals surface area contributed by atoms with Gasteiger partial charge >= 0.3 is 12.2 Å². The van der Waals surface area contributed by atoms with Crippen LogP contribution in [-0.4, -0.2) is 30.2 Å². The summed E-state index contributed by atoms with van der Waals surface area (Å²) in [4.78, 5) is 13.2. The molecule has 1 fully saturated rings. The summed E-state index contributed by atoms with van der Waals surface area (Å²) in [5, 5.41) is 3.09. The summed E-state index contributed by atoms with van der Waals surface area (Å²) in [5.74, 6) is -1.45. The molecule has 0 bridgehead atoms. The molecule has 1 aliphatic heterocycles. The van der Waals surface area contributed by atoms with E-state index in [9.17, 15) is 18.0 Å². The van der Waals surface area contributed by atoms with Crippen molar-refractivity contribution in [2.75, 3.05) is 18.4 Å². The second-order valence-electron chi connectivity index (χ2n) is 5.22. The highest BCUT2D eigenvalue weighted by atomic mass is 35.5. The number of piperidine rings is 1. The molecule has 0 aromatic heterocycles. The number of rotatable bonds is 1. The molecule has 21 heavy (non-hydrogen) atoms. The summed E-state index contributed by atoms with van der Waals surface area (Å²) in [6.45, 7) is 1.86. The van der Waals surface area contributed by atoms with E-state index in [4.69, 9.17) is 11.6 Å². The molecule has 1 N–H and O–H groups in total. The number of carbonyl (C=O) groups excluding carboxylic acids is 1. The molecule has 0 aliphatic carbocycles. The summed E-state index contributed by atoms with van der Waals surface area (Å²) in [7, 11) is 0. The first-order chi connectivity index (χ1) is 9.77. The maximum Gasteiger partial charge on any atom is 0.393 e.